The van der Waals surface area contributed by atoms with E-state index in [0.717, 1.165) is 56.5 Å². The fourth-order valence-electron chi connectivity index (χ4n) is 10.9. The minimum Gasteiger partial charge on any atom is -0.386 e. The lowest BCUT2D eigenvalue weighted by Gasteiger charge is -2.42. The van der Waals surface area contributed by atoms with Gasteiger partial charge in [0.1, 0.15) is 23.3 Å². The number of hydrogen-bond acceptors (Lipinski definition) is 10. The van der Waals surface area contributed by atoms with Crippen LogP contribution in [-0.4, -0.2) is 126 Å². The van der Waals surface area contributed by atoms with Crippen LogP contribution in [0.25, 0.3) is 33.3 Å². The van der Waals surface area contributed by atoms with Crippen LogP contribution >= 0.6 is 0 Å². The van der Waals surface area contributed by atoms with E-state index in [4.69, 9.17) is 0 Å². The van der Waals surface area contributed by atoms with Crippen LogP contribution in [0.2, 0.25) is 0 Å². The van der Waals surface area contributed by atoms with Crippen LogP contribution in [0.4, 0.5) is 18.9 Å². The molecule has 19 heteroatoms. The maximum atomic E-state index is 15.8. The van der Waals surface area contributed by atoms with E-state index in [1.165, 1.54) is 27.3 Å². The number of fused-ring (bicyclic) bond motifs is 2. The Morgan fingerprint density at radius 1 is 0.871 bits per heavy atom. The molecule has 4 aliphatic rings. The number of amides is 3. The average molecular weight is 960 g/mol. The highest BCUT2D eigenvalue weighted by molar-refractivity contribution is 6.00. The molecule has 2 aromatic carbocycles. The van der Waals surface area contributed by atoms with Gasteiger partial charge in [0.15, 0.2) is 5.82 Å². The average Bonchev–Trinajstić information content (AvgIpc) is 3.84. The van der Waals surface area contributed by atoms with Gasteiger partial charge in [-0.3, -0.25) is 48.3 Å². The monoisotopic (exact) mass is 959 g/mol. The molecule has 366 valence electrons. The number of halogens is 3. The maximum Gasteiger partial charge on any atom is 0.327 e. The number of likely N-dealkylation sites (tertiary alicyclic amines) is 1. The van der Waals surface area contributed by atoms with Crippen LogP contribution in [-0.2, 0) is 29.7 Å². The molecular weight excluding hydrogens is 904 g/mol. The van der Waals surface area contributed by atoms with Crippen molar-refractivity contribution in [2.45, 2.75) is 64.2 Å². The van der Waals surface area contributed by atoms with E-state index < -0.39 is 35.0 Å². The maximum absolute atomic E-state index is 15.8. The Kier molecular flexibility index (Phi) is 12.8. The standard InChI is InChI=1S/C51H56F3N11O5/c1-30-25-61(26-32-4-5-43-41(20-32)57-51(70)65(43)44-6-7-45(66)58-49(44)68)18-19-63(30)27-31-9-16-62(17-10-31)50(69)34-21-37(52)47(38(53)22-34)33-11-14-60(15-12-33)28-35-23-36-42(8-13-56-48(36)59(35)3)64-29-39(54)40(55-2)24-46(64)67/h4-5,8,11,13,20-24,29-31,44,55H,6-7,9-10,12,14-19,25-28H2,1-3H3,(H,57,70)(H,58,66,68)/t30-,44+/m0/s1. The number of piperazine rings is 1. The molecule has 3 fully saturated rings. The van der Waals surface area contributed by atoms with Gasteiger partial charge in [0.25, 0.3) is 11.5 Å². The zero-order valence-corrected chi connectivity index (χ0v) is 39.4. The van der Waals surface area contributed by atoms with E-state index in [-0.39, 0.29) is 47.2 Å². The Morgan fingerprint density at radius 3 is 2.37 bits per heavy atom. The van der Waals surface area contributed by atoms with Crippen molar-refractivity contribution in [2.75, 3.05) is 64.7 Å². The molecule has 0 radical (unpaired) electrons. The number of H-pyrrole nitrogens is 1. The number of carbonyl (C=O) groups is 3. The van der Waals surface area contributed by atoms with Crippen LogP contribution in [0.1, 0.15) is 72.2 Å². The van der Waals surface area contributed by atoms with E-state index in [9.17, 15) is 28.4 Å². The molecule has 3 N–H and O–H groups in total. The fraction of sp³-hybridized carbons (Fsp3) is 0.412. The SMILES string of the molecule is CNc1cc(=O)n(-c2ccnc3c2cc(CN2CC=C(c4c(F)cc(C(=O)N5CCC(CN6CCN(Cc7ccc8c(c7)[nH]c(=O)n8[C@@H]7CCC(=O)NC7=O)C[C@@H]6C)CC5)cc4F)CC2)n3C)cc1F. The molecule has 16 nitrogen and oxygen atoms in total. The summed E-state index contributed by atoms with van der Waals surface area (Å²) < 4.78 is 51.0. The van der Waals surface area contributed by atoms with Gasteiger partial charge in [0.2, 0.25) is 11.8 Å². The van der Waals surface area contributed by atoms with Crippen LogP contribution in [0, 0.1) is 23.4 Å². The number of anilines is 1. The van der Waals surface area contributed by atoms with E-state index in [0.29, 0.717) is 91.0 Å². The Morgan fingerprint density at radius 2 is 1.66 bits per heavy atom. The summed E-state index contributed by atoms with van der Waals surface area (Å²) >= 11 is 0. The normalized spacial score (nSPS) is 20.1. The topological polar surface area (TPSA) is 166 Å². The number of aryl methyl sites for hydroxylation is 1. The predicted octanol–water partition coefficient (Wildman–Crippen LogP) is 5.15. The molecule has 0 saturated carbocycles. The summed E-state index contributed by atoms with van der Waals surface area (Å²) in [6.45, 7) is 8.92. The number of benzene rings is 2. The molecule has 3 amide bonds. The summed E-state index contributed by atoms with van der Waals surface area (Å²) in [7, 11) is 3.42. The number of imidazole rings is 1. The zero-order valence-electron chi connectivity index (χ0n) is 39.4. The van der Waals surface area contributed by atoms with Crippen molar-refractivity contribution in [3.63, 3.8) is 0 Å². The summed E-state index contributed by atoms with van der Waals surface area (Å²) in [5.74, 6) is -2.86. The quantitative estimate of drug-likeness (QED) is 0.148. The zero-order chi connectivity index (χ0) is 49.0. The van der Waals surface area contributed by atoms with E-state index >= 15 is 8.78 Å². The van der Waals surface area contributed by atoms with Gasteiger partial charge in [-0.05, 0) is 86.1 Å². The molecule has 4 aromatic heterocycles. The number of aromatic amines is 1. The molecule has 0 unspecified atom stereocenters. The Hall–Kier alpha value is -6.83. The van der Waals surface area contributed by atoms with E-state index in [2.05, 4.69) is 42.2 Å². The second-order valence-corrected chi connectivity index (χ2v) is 19.2. The van der Waals surface area contributed by atoms with Crippen LogP contribution < -0.4 is 21.9 Å². The molecule has 0 bridgehead atoms. The summed E-state index contributed by atoms with van der Waals surface area (Å²) in [6.07, 6.45) is 7.02. The van der Waals surface area contributed by atoms with E-state index in [1.807, 2.05) is 42.0 Å². The van der Waals surface area contributed by atoms with Crippen LogP contribution in [0.3, 0.4) is 0 Å². The third-order valence-corrected chi connectivity index (χ3v) is 14.8. The fourth-order valence-corrected chi connectivity index (χ4v) is 10.9. The summed E-state index contributed by atoms with van der Waals surface area (Å²) in [5.41, 5.74) is 4.16. The van der Waals surface area contributed by atoms with Crippen molar-refractivity contribution in [3.8, 4) is 5.69 Å². The smallest absolute Gasteiger partial charge is 0.327 e. The summed E-state index contributed by atoms with van der Waals surface area (Å²) in [6, 6.07) is 12.5. The number of rotatable bonds is 11. The van der Waals surface area contributed by atoms with Crippen LogP contribution in [0.5, 0.6) is 0 Å². The number of nitrogens with one attached hydrogen (secondary N) is 3. The number of pyridine rings is 2. The molecule has 4 aliphatic heterocycles. The number of carbonyl (C=O) groups excluding carboxylic acids is 3. The first-order valence-corrected chi connectivity index (χ1v) is 24.0. The lowest BCUT2D eigenvalue weighted by molar-refractivity contribution is -0.135. The molecule has 6 aromatic rings. The minimum absolute atomic E-state index is 0.00380. The van der Waals surface area contributed by atoms with Gasteiger partial charge in [-0.25, -0.2) is 22.9 Å². The molecule has 10 rings (SSSR count). The Bertz CT molecular complexity index is 3180. The van der Waals surface area contributed by atoms with Crippen molar-refractivity contribution in [1.29, 1.82) is 0 Å². The second-order valence-electron chi connectivity index (χ2n) is 19.2. The summed E-state index contributed by atoms with van der Waals surface area (Å²) in [4.78, 5) is 79.8. The van der Waals surface area contributed by atoms with Gasteiger partial charge in [-0.15, -0.1) is 0 Å². The van der Waals surface area contributed by atoms with Crippen molar-refractivity contribution in [2.24, 2.45) is 13.0 Å². The molecule has 3 saturated heterocycles. The molecule has 8 heterocycles. The van der Waals surface area contributed by atoms with Gasteiger partial charge in [-0.1, -0.05) is 12.1 Å². The second kappa shape index (κ2) is 19.2. The predicted molar refractivity (Wildman–Crippen MR) is 259 cm³/mol. The van der Waals surface area contributed by atoms with Gasteiger partial charge in [-0.2, -0.15) is 0 Å². The number of aromatic nitrogens is 5. The molecule has 2 atom stereocenters. The molecule has 70 heavy (non-hydrogen) atoms. The van der Waals surface area contributed by atoms with Gasteiger partial charge in [0.05, 0.1) is 28.6 Å². The minimum atomic E-state index is -0.757. The number of piperidine rings is 2. The third-order valence-electron chi connectivity index (χ3n) is 14.8. The van der Waals surface area contributed by atoms with Crippen molar-refractivity contribution < 1.29 is 27.6 Å². The van der Waals surface area contributed by atoms with E-state index in [1.54, 1.807) is 24.2 Å². The highest BCUT2D eigenvalue weighted by Gasteiger charge is 2.33. The Labute approximate surface area is 401 Å². The number of imide groups is 1. The largest absolute Gasteiger partial charge is 0.386 e. The van der Waals surface area contributed by atoms with Gasteiger partial charge in [0, 0.05) is 126 Å². The summed E-state index contributed by atoms with van der Waals surface area (Å²) in [5, 5.41) is 5.71. The van der Waals surface area contributed by atoms with Crippen molar-refractivity contribution in [1.82, 2.24) is 48.6 Å². The first-order valence-electron chi connectivity index (χ1n) is 24.0. The van der Waals surface area contributed by atoms with Crippen molar-refractivity contribution in [3.05, 3.63) is 128 Å². The Balaban J connectivity index is 0.710. The van der Waals surface area contributed by atoms with Crippen LogP contribution in [0.15, 0.2) is 76.6 Å². The van der Waals surface area contributed by atoms with Gasteiger partial charge >= 0.3 is 5.69 Å². The third kappa shape index (κ3) is 9.08. The first-order chi connectivity index (χ1) is 33.7. The number of nitrogens with zero attached hydrogens (tertiary/aromatic N) is 8. The van der Waals surface area contributed by atoms with Gasteiger partial charge < -0.3 is 19.8 Å². The number of hydrogen-bond donors (Lipinski definition) is 3. The first kappa shape index (κ1) is 46.9. The lowest BCUT2D eigenvalue weighted by Crippen LogP contribution is -2.53. The highest BCUT2D eigenvalue weighted by atomic mass is 19.1. The van der Waals surface area contributed by atoms with Crippen molar-refractivity contribution >= 4 is 51.0 Å². The molecular formula is C51H56F3N11O5. The molecule has 0 aliphatic carbocycles. The molecule has 0 spiro atoms. The lowest BCUT2D eigenvalue weighted by atomic mass is 9.94. The highest BCUT2D eigenvalue weighted by Crippen LogP contribution is 2.32.